The molecule has 0 aromatic carbocycles. The van der Waals surface area contributed by atoms with Crippen LogP contribution in [0, 0.1) is 29.6 Å². The molecule has 772 valence electrons. The highest BCUT2D eigenvalue weighted by atomic mass is 16.2. The zero-order valence-corrected chi connectivity index (χ0v) is 83.7. The van der Waals surface area contributed by atoms with Crippen LogP contribution in [0.3, 0.4) is 0 Å². The molecule has 0 aromatic rings. The first-order chi connectivity index (χ1) is 63.7. The molecular weight excluding hydrogens is 1720 g/mol. The van der Waals surface area contributed by atoms with Crippen molar-refractivity contribution in [1.29, 1.82) is 0 Å². The summed E-state index contributed by atoms with van der Waals surface area (Å²) >= 11 is 0. The van der Waals surface area contributed by atoms with Gasteiger partial charge in [-0.3, -0.25) is 76.7 Å². The lowest BCUT2D eigenvalue weighted by Crippen LogP contribution is -2.61. The zero-order valence-electron chi connectivity index (χ0n) is 83.7. The second-order valence-corrected chi connectivity index (χ2v) is 38.6. The zero-order chi connectivity index (χ0) is 101. The fourth-order valence-corrected chi connectivity index (χ4v) is 16.0. The lowest BCUT2D eigenvalue weighted by Gasteiger charge is -2.31. The van der Waals surface area contributed by atoms with E-state index in [1.165, 1.54) is 44.4 Å². The number of carbonyl (C=O) groups is 16. The molecule has 1 rings (SSSR count). The highest BCUT2D eigenvalue weighted by molar-refractivity contribution is 6.01. The van der Waals surface area contributed by atoms with Crippen molar-refractivity contribution in [2.75, 3.05) is 52.4 Å². The molecule has 15 atom stereocenters. The Hall–Kier alpha value is -8.76. The first-order valence-corrected chi connectivity index (χ1v) is 50.4. The van der Waals surface area contributed by atoms with Gasteiger partial charge in [0.2, 0.25) is 94.5 Å². The van der Waals surface area contributed by atoms with Crippen LogP contribution in [-0.4, -0.2) is 242 Å². The molecule has 0 aliphatic carbocycles. The van der Waals surface area contributed by atoms with Gasteiger partial charge in [0.25, 0.3) is 0 Å². The summed E-state index contributed by atoms with van der Waals surface area (Å²) in [5.41, 5.74) is 46.6. The topological polar surface area (TPSA) is 653 Å². The van der Waals surface area contributed by atoms with Gasteiger partial charge in [-0.2, -0.15) is 0 Å². The van der Waals surface area contributed by atoms with Gasteiger partial charge in [0.15, 0.2) is 0 Å². The first kappa shape index (κ1) is 123. The summed E-state index contributed by atoms with van der Waals surface area (Å²) in [7, 11) is 0. The van der Waals surface area contributed by atoms with Crippen molar-refractivity contribution in [2.24, 2.45) is 75.5 Å². The Morgan fingerprint density at radius 1 is 0.261 bits per heavy atom. The molecule has 1 aliphatic rings. The number of nitrogens with two attached hydrogens (primary N) is 8. The minimum atomic E-state index is -1.35. The standard InChI is InChI=1S/C95H181N23O16/c1-14-15-16-17-18-19-20-21-22-46-80(119)106-68(39-24-31-48-97)85(124)109-69(40-25-32-49-98)84(123)104-66(13)83(122)113-75(56-61(4)5)91(130)110-71(42-27-34-51-100)87(126)114-74(55-60(2)3)89(128)105-65(12)82(121)108-70(41-26-33-50-99)86(125)112-73(44-29-36-53-102)95(134)118-54-37-45-79(118)94(133)117-78(59-64(10)11)92(131)111-72(43-28-35-52-101)88(127)115-77(58-63(8)9)93(132)116-76(57-62(6)7)90(129)107-67(81(103)120)38-23-30-47-96/h60-79H,14-59,96-102H2,1-13H3,(H2,103,120)(H,104,123)(H,105,128)(H,106,119)(H,107,129)(H,108,121)(H,109,124)(H,110,130)(H,111,131)(H,112,125)(H,113,122)(H,114,126)(H,115,127)(H,116,132)(H,117,133)/t65-,66-,67-,68-,69-,70-,71-,72-,73-,74-,75-,76-,77-,78-,79-/m0/s1. The quantitative estimate of drug-likeness (QED) is 0.0389. The minimum absolute atomic E-state index is 0.0335. The molecule has 0 unspecified atom stereocenters. The average molecular weight is 1900 g/mol. The maximum Gasteiger partial charge on any atom is 0.245 e. The molecule has 30 N–H and O–H groups in total. The normalized spacial score (nSPS) is 15.8. The number of nitrogens with zero attached hydrogens (tertiary/aromatic N) is 1. The predicted molar refractivity (Wildman–Crippen MR) is 522 cm³/mol. The van der Waals surface area contributed by atoms with Gasteiger partial charge < -0.3 is 125 Å². The van der Waals surface area contributed by atoms with Crippen LogP contribution in [0.5, 0.6) is 0 Å². The van der Waals surface area contributed by atoms with Crippen LogP contribution in [-0.2, 0) is 76.7 Å². The van der Waals surface area contributed by atoms with Gasteiger partial charge >= 0.3 is 0 Å². The molecule has 0 radical (unpaired) electrons. The molecule has 134 heavy (non-hydrogen) atoms. The van der Waals surface area contributed by atoms with E-state index in [4.69, 9.17) is 45.9 Å². The monoisotopic (exact) mass is 1900 g/mol. The second-order valence-electron chi connectivity index (χ2n) is 38.6. The van der Waals surface area contributed by atoms with E-state index in [9.17, 15) is 71.9 Å². The number of hydrogen-bond acceptors (Lipinski definition) is 23. The van der Waals surface area contributed by atoms with E-state index in [2.05, 4.69) is 81.4 Å². The Kier molecular flexibility index (Phi) is 65.9. The van der Waals surface area contributed by atoms with E-state index in [1.807, 2.05) is 69.2 Å². The lowest BCUT2D eigenvalue weighted by atomic mass is 9.98. The molecule has 0 saturated carbocycles. The van der Waals surface area contributed by atoms with Crippen LogP contribution >= 0.6 is 0 Å². The third kappa shape index (κ3) is 52.5. The molecule has 0 spiro atoms. The molecule has 39 heteroatoms. The van der Waals surface area contributed by atoms with Crippen LogP contribution in [0.2, 0.25) is 0 Å². The average Bonchev–Trinajstić information content (AvgIpc) is 1.66. The van der Waals surface area contributed by atoms with Gasteiger partial charge in [0.1, 0.15) is 90.6 Å². The first-order valence-electron chi connectivity index (χ1n) is 50.4. The molecule has 0 aromatic heterocycles. The SMILES string of the molecule is CCCCCCCCCCCC(=O)N[C@@H](CCCCN)C(=O)N[C@@H](CCCCN)C(=O)N[C@@H](C)C(=O)N[C@@H](CC(C)C)C(=O)N[C@@H](CCCCN)C(=O)N[C@@H](CC(C)C)C(=O)N[C@@H](C)C(=O)N[C@@H](CCCCN)C(=O)N[C@@H](CCCCN)C(=O)N1CCC[C@H]1C(=O)N[C@@H](CC(C)C)C(=O)N[C@@H](CCCCN)C(=O)N[C@@H](CC(C)C)C(=O)N[C@@H](CC(C)C)C(=O)N[C@@H](CCCCN)C(N)=O. The largest absolute Gasteiger partial charge is 0.368 e. The molecular formula is C95H181N23O16. The van der Waals surface area contributed by atoms with Crippen LogP contribution in [0.1, 0.15) is 334 Å². The van der Waals surface area contributed by atoms with E-state index in [1.54, 1.807) is 0 Å². The Morgan fingerprint density at radius 2 is 0.493 bits per heavy atom. The summed E-state index contributed by atoms with van der Waals surface area (Å²) < 4.78 is 0. The number of unbranched alkanes of at least 4 members (excludes halogenated alkanes) is 15. The van der Waals surface area contributed by atoms with Crippen molar-refractivity contribution in [1.82, 2.24) is 79.3 Å². The van der Waals surface area contributed by atoms with Crippen molar-refractivity contribution in [3.8, 4) is 0 Å². The van der Waals surface area contributed by atoms with Crippen LogP contribution in [0.25, 0.3) is 0 Å². The minimum Gasteiger partial charge on any atom is -0.368 e. The number of carbonyl (C=O) groups excluding carboxylic acids is 16. The van der Waals surface area contributed by atoms with Gasteiger partial charge in [-0.1, -0.05) is 128 Å². The molecule has 1 heterocycles. The molecule has 0 bridgehead atoms. The summed E-state index contributed by atoms with van der Waals surface area (Å²) in [5, 5.41) is 39.1. The second kappa shape index (κ2) is 71.7. The Balaban J connectivity index is 3.57. The van der Waals surface area contributed by atoms with Gasteiger partial charge in [-0.05, 0) is 275 Å². The maximum atomic E-state index is 15.1. The van der Waals surface area contributed by atoms with Gasteiger partial charge in [-0.15, -0.1) is 0 Å². The smallest absolute Gasteiger partial charge is 0.245 e. The summed E-state index contributed by atoms with van der Waals surface area (Å²) in [6.07, 6.45) is 18.3. The van der Waals surface area contributed by atoms with Crippen molar-refractivity contribution in [3.63, 3.8) is 0 Å². The Morgan fingerprint density at radius 3 is 0.799 bits per heavy atom. The third-order valence-electron chi connectivity index (χ3n) is 23.6. The fraction of sp³-hybridized carbons (Fsp3) is 0.832. The molecule has 1 fully saturated rings. The number of hydrogen-bond donors (Lipinski definition) is 22. The number of rotatable bonds is 77. The fourth-order valence-electron chi connectivity index (χ4n) is 16.0. The van der Waals surface area contributed by atoms with Crippen molar-refractivity contribution >= 4 is 94.5 Å². The van der Waals surface area contributed by atoms with E-state index < -0.39 is 179 Å². The maximum absolute atomic E-state index is 15.1. The third-order valence-corrected chi connectivity index (χ3v) is 23.6. The highest BCUT2D eigenvalue weighted by Crippen LogP contribution is 2.23. The summed E-state index contributed by atoms with van der Waals surface area (Å²) in [6.45, 7) is 25.5. The van der Waals surface area contributed by atoms with Gasteiger partial charge in [-0.25, -0.2) is 0 Å². The molecule has 1 aliphatic heterocycles. The summed E-state index contributed by atoms with van der Waals surface area (Å²) in [5.74, 6) is -11.8. The van der Waals surface area contributed by atoms with E-state index in [0.29, 0.717) is 122 Å². The summed E-state index contributed by atoms with van der Waals surface area (Å²) in [6, 6.07) is -18.0. The Bertz CT molecular complexity index is 3490. The number of amides is 16. The number of likely N-dealkylation sites (tertiary alicyclic amines) is 1. The van der Waals surface area contributed by atoms with Crippen LogP contribution < -0.4 is 120 Å². The van der Waals surface area contributed by atoms with Crippen molar-refractivity contribution in [3.05, 3.63) is 0 Å². The molecule has 39 nitrogen and oxygen atoms in total. The molecule has 16 amide bonds. The highest BCUT2D eigenvalue weighted by Gasteiger charge is 2.42. The van der Waals surface area contributed by atoms with E-state index in [-0.39, 0.29) is 158 Å². The van der Waals surface area contributed by atoms with Crippen molar-refractivity contribution < 1.29 is 76.7 Å². The predicted octanol–water partition coefficient (Wildman–Crippen LogP) is 2.34. The lowest BCUT2D eigenvalue weighted by molar-refractivity contribution is -0.143. The molecule has 1 saturated heterocycles. The van der Waals surface area contributed by atoms with Crippen LogP contribution in [0.15, 0.2) is 0 Å². The van der Waals surface area contributed by atoms with E-state index >= 15 is 4.79 Å². The van der Waals surface area contributed by atoms with Gasteiger partial charge in [0, 0.05) is 13.0 Å². The number of primary amides is 1. The van der Waals surface area contributed by atoms with Crippen molar-refractivity contribution in [2.45, 2.75) is 425 Å². The van der Waals surface area contributed by atoms with Gasteiger partial charge in [0.05, 0.1) is 0 Å². The number of nitrogens with one attached hydrogen (secondary N) is 14. The Labute approximate surface area is 799 Å². The van der Waals surface area contributed by atoms with E-state index in [0.717, 1.165) is 25.7 Å². The van der Waals surface area contributed by atoms with Crippen LogP contribution in [0.4, 0.5) is 0 Å². The summed E-state index contributed by atoms with van der Waals surface area (Å²) in [4.78, 5) is 230.